The number of hydrogen-bond acceptors (Lipinski definition) is 5. The standard InChI is InChI=1S/C24H29ClN4O2/c1-14(2)28-12-17-19(27-7)13-29(20(17)30)21-23(3,4)22(24(21,5)6)31-16-9-8-15(11-26)18(25)10-16/h8-10,12,21-22H,13H2,1-7H3/b17-12+,27-19?. The molecule has 0 bridgehead atoms. The Hall–Kier alpha value is -2.65. The molecule has 0 radical (unpaired) electrons. The molecule has 6 nitrogen and oxygen atoms in total. The summed E-state index contributed by atoms with van der Waals surface area (Å²) in [5.74, 6) is 0.571. The normalized spacial score (nSPS) is 26.5. The number of hydrogen-bond donors (Lipinski definition) is 0. The maximum absolute atomic E-state index is 13.3. The Labute approximate surface area is 189 Å². The van der Waals surface area contributed by atoms with Crippen LogP contribution in [0.2, 0.25) is 5.02 Å². The quantitative estimate of drug-likeness (QED) is 0.504. The van der Waals surface area contributed by atoms with Gasteiger partial charge in [-0.2, -0.15) is 5.26 Å². The van der Waals surface area contributed by atoms with Crippen LogP contribution in [0.4, 0.5) is 0 Å². The molecule has 1 aromatic carbocycles. The molecule has 2 aliphatic rings. The molecular weight excluding hydrogens is 412 g/mol. The molecule has 7 heteroatoms. The monoisotopic (exact) mass is 440 g/mol. The Morgan fingerprint density at radius 1 is 1.29 bits per heavy atom. The van der Waals surface area contributed by atoms with Crippen LogP contribution in [0.15, 0.2) is 40.0 Å². The molecule has 1 aliphatic heterocycles. The first kappa shape index (κ1) is 23.0. The third-order valence-electron chi connectivity index (χ3n) is 6.23. The van der Waals surface area contributed by atoms with Crippen LogP contribution < -0.4 is 4.74 Å². The van der Waals surface area contributed by atoms with Gasteiger partial charge < -0.3 is 9.64 Å². The first-order valence-corrected chi connectivity index (χ1v) is 10.7. The Morgan fingerprint density at radius 2 is 1.94 bits per heavy atom. The number of halogens is 1. The third-order valence-corrected chi connectivity index (χ3v) is 6.54. The van der Waals surface area contributed by atoms with Crippen LogP contribution in [-0.4, -0.2) is 48.0 Å². The lowest BCUT2D eigenvalue weighted by atomic mass is 9.49. The van der Waals surface area contributed by atoms with E-state index < -0.39 is 0 Å². The van der Waals surface area contributed by atoms with Gasteiger partial charge in [-0.25, -0.2) is 0 Å². The first-order chi connectivity index (χ1) is 14.4. The van der Waals surface area contributed by atoms with E-state index >= 15 is 0 Å². The average Bonchev–Trinajstić information content (AvgIpc) is 2.99. The van der Waals surface area contributed by atoms with Gasteiger partial charge in [-0.05, 0) is 26.0 Å². The molecule has 0 spiro atoms. The zero-order valence-corrected chi connectivity index (χ0v) is 19.9. The van der Waals surface area contributed by atoms with Crippen LogP contribution in [0.1, 0.15) is 47.1 Å². The number of aliphatic imine (C=N–C) groups is 2. The van der Waals surface area contributed by atoms with Crippen LogP contribution in [0.25, 0.3) is 0 Å². The second kappa shape index (κ2) is 8.12. The number of amides is 1. The number of nitriles is 1. The van der Waals surface area contributed by atoms with Crippen molar-refractivity contribution in [2.75, 3.05) is 13.6 Å². The Morgan fingerprint density at radius 3 is 2.45 bits per heavy atom. The van der Waals surface area contributed by atoms with Crippen LogP contribution >= 0.6 is 11.6 Å². The third kappa shape index (κ3) is 3.87. The fraction of sp³-hybridized carbons (Fsp3) is 0.500. The summed E-state index contributed by atoms with van der Waals surface area (Å²) >= 11 is 6.18. The Balaban J connectivity index is 1.88. The first-order valence-electron chi connectivity index (χ1n) is 10.3. The number of likely N-dealkylation sites (tertiary alicyclic amines) is 1. The molecule has 31 heavy (non-hydrogen) atoms. The smallest absolute Gasteiger partial charge is 0.257 e. The molecule has 1 aromatic rings. The van der Waals surface area contributed by atoms with Gasteiger partial charge in [-0.3, -0.25) is 14.8 Å². The summed E-state index contributed by atoms with van der Waals surface area (Å²) in [6, 6.07) is 7.12. The van der Waals surface area contributed by atoms with Gasteiger partial charge in [0.05, 0.1) is 28.4 Å². The Kier molecular flexibility index (Phi) is 6.03. The van der Waals surface area contributed by atoms with Crippen molar-refractivity contribution in [3.05, 3.63) is 40.6 Å². The van der Waals surface area contributed by atoms with Crippen LogP contribution in [0.5, 0.6) is 5.75 Å². The molecule has 0 unspecified atom stereocenters. The van der Waals surface area contributed by atoms with Gasteiger partial charge in [0.2, 0.25) is 0 Å². The van der Waals surface area contributed by atoms with Gasteiger partial charge >= 0.3 is 0 Å². The fourth-order valence-corrected chi connectivity index (χ4v) is 5.54. The molecule has 0 N–H and O–H groups in total. The summed E-state index contributed by atoms with van der Waals surface area (Å²) in [6.45, 7) is 12.7. The van der Waals surface area contributed by atoms with E-state index in [2.05, 4.69) is 43.7 Å². The van der Waals surface area contributed by atoms with Gasteiger partial charge in [0.25, 0.3) is 5.91 Å². The summed E-state index contributed by atoms with van der Waals surface area (Å²) in [5, 5.41) is 9.46. The van der Waals surface area contributed by atoms with Crippen molar-refractivity contribution in [1.29, 1.82) is 5.26 Å². The second-order valence-corrected chi connectivity index (χ2v) is 9.93. The van der Waals surface area contributed by atoms with Crippen molar-refractivity contribution in [1.82, 2.24) is 4.90 Å². The van der Waals surface area contributed by atoms with E-state index in [0.717, 1.165) is 11.4 Å². The number of rotatable bonds is 4. The molecule has 1 saturated carbocycles. The van der Waals surface area contributed by atoms with Crippen molar-refractivity contribution in [3.63, 3.8) is 0 Å². The van der Waals surface area contributed by atoms with Crippen molar-refractivity contribution in [2.45, 2.75) is 53.7 Å². The van der Waals surface area contributed by atoms with Gasteiger partial charge in [-0.15, -0.1) is 0 Å². The summed E-state index contributed by atoms with van der Waals surface area (Å²) in [4.78, 5) is 23.9. The molecule has 0 aromatic heterocycles. The van der Waals surface area contributed by atoms with Crippen LogP contribution in [-0.2, 0) is 4.79 Å². The number of ether oxygens (including phenoxy) is 1. The van der Waals surface area contributed by atoms with E-state index in [1.165, 1.54) is 0 Å². The number of carbonyl (C=O) groups excluding carboxylic acids is 1. The predicted molar refractivity (Wildman–Crippen MR) is 124 cm³/mol. The van der Waals surface area contributed by atoms with Crippen molar-refractivity contribution < 1.29 is 9.53 Å². The minimum atomic E-state index is -0.308. The number of nitrogens with zero attached hydrogens (tertiary/aromatic N) is 4. The minimum Gasteiger partial charge on any atom is -0.489 e. The zero-order chi connectivity index (χ0) is 23.1. The molecule has 1 aliphatic carbocycles. The average molecular weight is 441 g/mol. The van der Waals surface area contributed by atoms with Gasteiger partial charge in [0, 0.05) is 41.9 Å². The Bertz CT molecular complexity index is 1030. The topological polar surface area (TPSA) is 78.0 Å². The van der Waals surface area contributed by atoms with Gasteiger partial charge in [0.15, 0.2) is 0 Å². The van der Waals surface area contributed by atoms with E-state index in [1.807, 2.05) is 18.7 Å². The molecule has 1 amide bonds. The highest BCUT2D eigenvalue weighted by atomic mass is 35.5. The predicted octanol–water partition coefficient (Wildman–Crippen LogP) is 4.67. The van der Waals surface area contributed by atoms with Crippen LogP contribution in [0, 0.1) is 22.2 Å². The maximum Gasteiger partial charge on any atom is 0.257 e. The molecule has 2 fully saturated rings. The molecule has 1 heterocycles. The molecule has 1 saturated heterocycles. The highest BCUT2D eigenvalue weighted by Crippen LogP contribution is 2.58. The second-order valence-electron chi connectivity index (χ2n) is 9.52. The van der Waals surface area contributed by atoms with E-state index in [1.54, 1.807) is 31.4 Å². The molecular formula is C24H29ClN4O2. The summed E-state index contributed by atoms with van der Waals surface area (Å²) in [6.07, 6.45) is 1.48. The van der Waals surface area contributed by atoms with E-state index in [4.69, 9.17) is 21.6 Å². The lowest BCUT2D eigenvalue weighted by Crippen LogP contribution is -2.74. The number of benzene rings is 1. The lowest BCUT2D eigenvalue weighted by Gasteiger charge is -2.65. The highest BCUT2D eigenvalue weighted by molar-refractivity contribution is 6.31. The van der Waals surface area contributed by atoms with Crippen molar-refractivity contribution >= 4 is 28.9 Å². The maximum atomic E-state index is 13.3. The highest BCUT2D eigenvalue weighted by Gasteiger charge is 2.67. The largest absolute Gasteiger partial charge is 0.489 e. The summed E-state index contributed by atoms with van der Waals surface area (Å²) in [7, 11) is 1.71. The molecule has 0 atom stereocenters. The lowest BCUT2D eigenvalue weighted by molar-refractivity contribution is -0.206. The van der Waals surface area contributed by atoms with E-state index in [0.29, 0.717) is 28.5 Å². The number of carbonyl (C=O) groups is 1. The SMILES string of the molecule is CN=C1CN(C2C(C)(C)C(Oc3ccc(C#N)c(Cl)c3)C2(C)C)C(=O)/C1=C/N=C(C)C. The summed E-state index contributed by atoms with van der Waals surface area (Å²) < 4.78 is 6.35. The zero-order valence-electron chi connectivity index (χ0n) is 19.2. The van der Waals surface area contributed by atoms with Gasteiger partial charge in [-0.1, -0.05) is 39.3 Å². The van der Waals surface area contributed by atoms with Gasteiger partial charge in [0.1, 0.15) is 17.9 Å². The fourth-order valence-electron chi connectivity index (χ4n) is 5.33. The molecule has 3 rings (SSSR count). The van der Waals surface area contributed by atoms with E-state index in [9.17, 15) is 4.79 Å². The van der Waals surface area contributed by atoms with E-state index in [-0.39, 0.29) is 28.9 Å². The summed E-state index contributed by atoms with van der Waals surface area (Å²) in [5.41, 5.74) is 1.99. The van der Waals surface area contributed by atoms with Crippen molar-refractivity contribution in [2.24, 2.45) is 20.8 Å². The van der Waals surface area contributed by atoms with Crippen molar-refractivity contribution in [3.8, 4) is 11.8 Å². The van der Waals surface area contributed by atoms with Crippen LogP contribution in [0.3, 0.4) is 0 Å². The minimum absolute atomic E-state index is 0.0410. The molecule has 164 valence electrons.